The zero-order valence-corrected chi connectivity index (χ0v) is 5.60. The monoisotopic (exact) mass is 128 g/mol. The SMILES string of the molecule is Cn1cnc(CS)c1. The van der Waals surface area contributed by atoms with Crippen molar-refractivity contribution in [2.24, 2.45) is 7.05 Å². The summed E-state index contributed by atoms with van der Waals surface area (Å²) in [6, 6.07) is 0. The van der Waals surface area contributed by atoms with Gasteiger partial charge in [-0.25, -0.2) is 4.98 Å². The van der Waals surface area contributed by atoms with Gasteiger partial charge in [-0.15, -0.1) is 0 Å². The second-order valence-corrected chi connectivity index (χ2v) is 2.00. The molecule has 0 aromatic carbocycles. The summed E-state index contributed by atoms with van der Waals surface area (Å²) in [5, 5.41) is 0. The summed E-state index contributed by atoms with van der Waals surface area (Å²) in [4.78, 5) is 4.02. The second kappa shape index (κ2) is 2.22. The first kappa shape index (κ1) is 5.69. The first-order valence-electron chi connectivity index (χ1n) is 2.40. The van der Waals surface area contributed by atoms with Crippen LogP contribution in [0.5, 0.6) is 0 Å². The largest absolute Gasteiger partial charge is 0.340 e. The Bertz CT molecular complexity index is 171. The maximum atomic E-state index is 4.05. The summed E-state index contributed by atoms with van der Waals surface area (Å²) in [6.45, 7) is 0. The molecule has 0 fully saturated rings. The van der Waals surface area contributed by atoms with Crippen LogP contribution in [0.25, 0.3) is 0 Å². The number of nitrogens with zero attached hydrogens (tertiary/aromatic N) is 2. The molecule has 1 rings (SSSR count). The lowest BCUT2D eigenvalue weighted by molar-refractivity contribution is 0.913. The predicted octanol–water partition coefficient (Wildman–Crippen LogP) is 0.850. The second-order valence-electron chi connectivity index (χ2n) is 1.69. The molecule has 0 atom stereocenters. The maximum absolute atomic E-state index is 4.05. The lowest BCUT2D eigenvalue weighted by Crippen LogP contribution is -1.77. The average molecular weight is 128 g/mol. The van der Waals surface area contributed by atoms with Gasteiger partial charge in [-0.1, -0.05) is 0 Å². The Morgan fingerprint density at radius 3 is 2.88 bits per heavy atom. The standard InChI is InChI=1S/C5H8N2S/c1-7-2-5(3-8)6-4-7/h2,4,8H,3H2,1H3. The Hall–Kier alpha value is -0.440. The maximum Gasteiger partial charge on any atom is 0.0947 e. The van der Waals surface area contributed by atoms with Crippen molar-refractivity contribution in [3.8, 4) is 0 Å². The van der Waals surface area contributed by atoms with Crippen LogP contribution in [0.3, 0.4) is 0 Å². The fraction of sp³-hybridized carbons (Fsp3) is 0.400. The minimum Gasteiger partial charge on any atom is -0.340 e. The van der Waals surface area contributed by atoms with E-state index in [1.54, 1.807) is 6.33 Å². The summed E-state index contributed by atoms with van der Waals surface area (Å²) in [5.41, 5.74) is 1.02. The van der Waals surface area contributed by atoms with Crippen LogP contribution in [0.1, 0.15) is 5.69 Å². The van der Waals surface area contributed by atoms with Gasteiger partial charge >= 0.3 is 0 Å². The topological polar surface area (TPSA) is 17.8 Å². The Balaban J connectivity index is 2.84. The predicted molar refractivity (Wildman–Crippen MR) is 35.9 cm³/mol. The van der Waals surface area contributed by atoms with Crippen LogP contribution in [-0.4, -0.2) is 9.55 Å². The summed E-state index contributed by atoms with van der Waals surface area (Å²) in [7, 11) is 1.94. The highest BCUT2D eigenvalue weighted by Crippen LogP contribution is 1.96. The molecule has 0 N–H and O–H groups in total. The highest BCUT2D eigenvalue weighted by Gasteiger charge is 1.88. The lowest BCUT2D eigenvalue weighted by Gasteiger charge is -1.81. The minimum absolute atomic E-state index is 0.723. The van der Waals surface area contributed by atoms with Crippen molar-refractivity contribution < 1.29 is 0 Å². The molecular formula is C5H8N2S. The average Bonchev–Trinajstić information content (AvgIpc) is 2.14. The van der Waals surface area contributed by atoms with Gasteiger partial charge in [-0.2, -0.15) is 12.6 Å². The molecule has 1 aromatic heterocycles. The lowest BCUT2D eigenvalue weighted by atomic mass is 10.6. The number of thiol groups is 1. The molecule has 0 aliphatic carbocycles. The van der Waals surface area contributed by atoms with E-state index in [0.717, 1.165) is 11.4 Å². The molecule has 8 heavy (non-hydrogen) atoms. The van der Waals surface area contributed by atoms with Crippen LogP contribution in [0.4, 0.5) is 0 Å². The molecule has 0 aliphatic heterocycles. The number of hydrogen-bond donors (Lipinski definition) is 1. The number of rotatable bonds is 1. The van der Waals surface area contributed by atoms with Crippen LogP contribution in [0.15, 0.2) is 12.5 Å². The molecule has 44 valence electrons. The fourth-order valence-electron chi connectivity index (χ4n) is 0.549. The molecule has 3 heteroatoms. The molecule has 0 radical (unpaired) electrons. The number of imidazole rings is 1. The van der Waals surface area contributed by atoms with Gasteiger partial charge in [0.25, 0.3) is 0 Å². The van der Waals surface area contributed by atoms with Gasteiger partial charge in [-0.3, -0.25) is 0 Å². The number of aromatic nitrogens is 2. The quantitative estimate of drug-likeness (QED) is 0.555. The first-order valence-corrected chi connectivity index (χ1v) is 3.04. The van der Waals surface area contributed by atoms with Crippen molar-refractivity contribution in [1.29, 1.82) is 0 Å². The van der Waals surface area contributed by atoms with Crippen LogP contribution in [0, 0.1) is 0 Å². The van der Waals surface area contributed by atoms with Crippen LogP contribution in [-0.2, 0) is 12.8 Å². The zero-order chi connectivity index (χ0) is 5.98. The summed E-state index contributed by atoms with van der Waals surface area (Å²) >= 11 is 4.05. The van der Waals surface area contributed by atoms with Gasteiger partial charge < -0.3 is 4.57 Å². The Labute approximate surface area is 54.0 Å². The Morgan fingerprint density at radius 2 is 2.62 bits per heavy atom. The van der Waals surface area contributed by atoms with Gasteiger partial charge in [0.1, 0.15) is 0 Å². The van der Waals surface area contributed by atoms with Gasteiger partial charge in [-0.05, 0) is 0 Å². The van der Waals surface area contributed by atoms with Gasteiger partial charge in [0, 0.05) is 19.0 Å². The summed E-state index contributed by atoms with van der Waals surface area (Å²) < 4.78 is 1.91. The van der Waals surface area contributed by atoms with Crippen LogP contribution >= 0.6 is 12.6 Å². The molecule has 0 aliphatic rings. The Morgan fingerprint density at radius 1 is 1.88 bits per heavy atom. The van der Waals surface area contributed by atoms with Crippen molar-refractivity contribution in [3.05, 3.63) is 18.2 Å². The van der Waals surface area contributed by atoms with Crippen LogP contribution in [0.2, 0.25) is 0 Å². The van der Waals surface area contributed by atoms with Gasteiger partial charge in [0.15, 0.2) is 0 Å². The van der Waals surface area contributed by atoms with E-state index in [4.69, 9.17) is 0 Å². The van der Waals surface area contributed by atoms with E-state index in [0.29, 0.717) is 0 Å². The molecule has 0 bridgehead atoms. The molecule has 1 aromatic rings. The molecule has 0 amide bonds. The van der Waals surface area contributed by atoms with Gasteiger partial charge in [0.2, 0.25) is 0 Å². The Kier molecular flexibility index (Phi) is 1.58. The third-order valence-corrected chi connectivity index (χ3v) is 1.24. The van der Waals surface area contributed by atoms with E-state index >= 15 is 0 Å². The molecule has 0 spiro atoms. The highest BCUT2D eigenvalue weighted by molar-refractivity contribution is 7.79. The van der Waals surface area contributed by atoms with Crippen molar-refractivity contribution in [2.75, 3.05) is 0 Å². The van der Waals surface area contributed by atoms with E-state index in [-0.39, 0.29) is 0 Å². The molecule has 1 heterocycles. The molecule has 0 saturated carbocycles. The number of aryl methyl sites for hydroxylation is 1. The van der Waals surface area contributed by atoms with E-state index in [1.807, 2.05) is 17.8 Å². The van der Waals surface area contributed by atoms with E-state index < -0.39 is 0 Å². The van der Waals surface area contributed by atoms with Crippen molar-refractivity contribution in [1.82, 2.24) is 9.55 Å². The molecule has 0 unspecified atom stereocenters. The first-order chi connectivity index (χ1) is 3.83. The molecule has 2 nitrogen and oxygen atoms in total. The van der Waals surface area contributed by atoms with Gasteiger partial charge in [0.05, 0.1) is 12.0 Å². The van der Waals surface area contributed by atoms with E-state index in [9.17, 15) is 0 Å². The third-order valence-electron chi connectivity index (χ3n) is 0.920. The summed E-state index contributed by atoms with van der Waals surface area (Å²) in [5.74, 6) is 0.723. The van der Waals surface area contributed by atoms with Crippen molar-refractivity contribution >= 4 is 12.6 Å². The van der Waals surface area contributed by atoms with Crippen molar-refractivity contribution in [3.63, 3.8) is 0 Å². The normalized spacial score (nSPS) is 9.75. The fourth-order valence-corrected chi connectivity index (χ4v) is 0.712. The van der Waals surface area contributed by atoms with Crippen molar-refractivity contribution in [2.45, 2.75) is 5.75 Å². The number of hydrogen-bond acceptors (Lipinski definition) is 2. The van der Waals surface area contributed by atoms with E-state index in [2.05, 4.69) is 17.6 Å². The smallest absolute Gasteiger partial charge is 0.0947 e. The molecule has 0 saturated heterocycles. The zero-order valence-electron chi connectivity index (χ0n) is 4.70. The minimum atomic E-state index is 0.723. The van der Waals surface area contributed by atoms with Crippen LogP contribution < -0.4 is 0 Å². The molecular weight excluding hydrogens is 120 g/mol. The highest BCUT2D eigenvalue weighted by atomic mass is 32.1. The third kappa shape index (κ3) is 1.04. The van der Waals surface area contributed by atoms with E-state index in [1.165, 1.54) is 0 Å². The summed E-state index contributed by atoms with van der Waals surface area (Å²) in [6.07, 6.45) is 3.72.